The van der Waals surface area contributed by atoms with E-state index in [-0.39, 0.29) is 0 Å². The molecule has 0 aliphatic rings. The topological polar surface area (TPSA) is 43.6 Å². The average molecular weight is 703 g/mol. The first-order valence-corrected chi connectivity index (χ1v) is 18.5. The van der Waals surface area contributed by atoms with E-state index < -0.39 is 0 Å². The second-order valence-electron chi connectivity index (χ2n) is 13.7. The zero-order chi connectivity index (χ0) is 36.6. The number of fused-ring (bicyclic) bond motifs is 3. The van der Waals surface area contributed by atoms with E-state index in [0.717, 1.165) is 77.4 Å². The maximum absolute atomic E-state index is 5.34. The second-order valence-corrected chi connectivity index (χ2v) is 13.7. The summed E-state index contributed by atoms with van der Waals surface area (Å²) in [7, 11) is 0. The Morgan fingerprint density at radius 1 is 0.273 bits per heavy atom. The molecule has 2 aromatic heterocycles. The molecule has 0 atom stereocenters. The van der Waals surface area contributed by atoms with E-state index in [1.807, 2.05) is 36.4 Å². The molecular weight excluding hydrogens is 669 g/mol. The van der Waals surface area contributed by atoms with Crippen molar-refractivity contribution in [2.75, 3.05) is 0 Å². The summed E-state index contributed by atoms with van der Waals surface area (Å²) in [5.41, 5.74) is 12.9. The number of aromatic nitrogens is 4. The Hall–Kier alpha value is -7.43. The molecule has 0 aliphatic carbocycles. The fourth-order valence-corrected chi connectivity index (χ4v) is 7.64. The van der Waals surface area contributed by atoms with Crippen LogP contribution in [0.4, 0.5) is 0 Å². The molecule has 0 saturated heterocycles. The van der Waals surface area contributed by atoms with Crippen LogP contribution in [0.25, 0.3) is 95.0 Å². The minimum atomic E-state index is 0.557. The van der Waals surface area contributed by atoms with Gasteiger partial charge in [0, 0.05) is 33.0 Å². The lowest BCUT2D eigenvalue weighted by Gasteiger charge is -2.16. The van der Waals surface area contributed by atoms with Gasteiger partial charge in [-0.25, -0.2) is 4.98 Å². The predicted octanol–water partition coefficient (Wildman–Crippen LogP) is 13.0. The van der Waals surface area contributed by atoms with Crippen molar-refractivity contribution >= 4 is 21.8 Å². The van der Waals surface area contributed by atoms with Gasteiger partial charge in [0.05, 0.1) is 11.0 Å². The molecule has 0 fully saturated rings. The largest absolute Gasteiger partial charge is 0.277 e. The van der Waals surface area contributed by atoms with E-state index in [0.29, 0.717) is 17.6 Å². The fraction of sp³-hybridized carbons (Fsp3) is 0. The molecule has 0 spiro atoms. The molecule has 4 heteroatoms. The number of benzene rings is 8. The van der Waals surface area contributed by atoms with Crippen molar-refractivity contribution in [1.82, 2.24) is 19.5 Å². The quantitative estimate of drug-likeness (QED) is 0.166. The third kappa shape index (κ3) is 5.96. The first-order chi connectivity index (χ1) is 27.3. The second kappa shape index (κ2) is 13.8. The van der Waals surface area contributed by atoms with Crippen LogP contribution in [-0.2, 0) is 0 Å². The van der Waals surface area contributed by atoms with Crippen LogP contribution in [0, 0.1) is 0 Å². The Morgan fingerprint density at radius 3 is 0.927 bits per heavy atom. The maximum Gasteiger partial charge on any atom is 0.238 e. The van der Waals surface area contributed by atoms with Crippen LogP contribution >= 0.6 is 0 Å². The molecule has 0 aliphatic heterocycles. The van der Waals surface area contributed by atoms with Crippen molar-refractivity contribution in [3.63, 3.8) is 0 Å². The van der Waals surface area contributed by atoms with Gasteiger partial charge in [-0.05, 0) is 57.6 Å². The van der Waals surface area contributed by atoms with Crippen LogP contribution in [0.3, 0.4) is 0 Å². The third-order valence-electron chi connectivity index (χ3n) is 10.2. The van der Waals surface area contributed by atoms with Crippen molar-refractivity contribution in [2.24, 2.45) is 0 Å². The summed E-state index contributed by atoms with van der Waals surface area (Å²) < 4.78 is 2.29. The molecule has 0 bridgehead atoms. The van der Waals surface area contributed by atoms with E-state index in [1.54, 1.807) is 0 Å². The van der Waals surface area contributed by atoms with Gasteiger partial charge in [0.2, 0.25) is 5.95 Å². The molecule has 0 saturated carbocycles. The van der Waals surface area contributed by atoms with Crippen LogP contribution in [-0.4, -0.2) is 19.5 Å². The zero-order valence-electron chi connectivity index (χ0n) is 29.9. The van der Waals surface area contributed by atoms with Crippen molar-refractivity contribution < 1.29 is 0 Å². The van der Waals surface area contributed by atoms with Crippen molar-refractivity contribution in [1.29, 1.82) is 0 Å². The van der Waals surface area contributed by atoms with Gasteiger partial charge in [0.1, 0.15) is 0 Å². The van der Waals surface area contributed by atoms with Crippen LogP contribution in [0.2, 0.25) is 0 Å². The Labute approximate surface area is 319 Å². The maximum atomic E-state index is 5.34. The van der Waals surface area contributed by atoms with E-state index in [2.05, 4.69) is 174 Å². The normalized spacial score (nSPS) is 11.3. The Balaban J connectivity index is 1.42. The summed E-state index contributed by atoms with van der Waals surface area (Å²) in [5.74, 6) is 1.79. The van der Waals surface area contributed by atoms with E-state index >= 15 is 0 Å². The van der Waals surface area contributed by atoms with Gasteiger partial charge in [-0.2, -0.15) is 9.97 Å². The van der Waals surface area contributed by atoms with Gasteiger partial charge < -0.3 is 0 Å². The van der Waals surface area contributed by atoms with Crippen LogP contribution in [0.5, 0.6) is 0 Å². The number of hydrogen-bond donors (Lipinski definition) is 0. The minimum absolute atomic E-state index is 0.557. The van der Waals surface area contributed by atoms with Crippen molar-refractivity contribution in [2.45, 2.75) is 0 Å². The van der Waals surface area contributed by atoms with Crippen LogP contribution in [0.15, 0.2) is 206 Å². The number of nitrogens with zero attached hydrogens (tertiary/aromatic N) is 4. The summed E-state index contributed by atoms with van der Waals surface area (Å²) in [4.78, 5) is 15.8. The molecule has 0 unspecified atom stereocenters. The SMILES string of the molecule is c1ccc(-c2cc(-c3ccccc3)c3c(c2)c2cc(-c4ccccc4)cc(-c4ccccc4)c2n3-c2nc(-c3ccccc3)nc(-c3ccccc3)n2)cc1. The number of hydrogen-bond acceptors (Lipinski definition) is 3. The van der Waals surface area contributed by atoms with Crippen molar-refractivity contribution in [3.8, 4) is 73.2 Å². The summed E-state index contributed by atoms with van der Waals surface area (Å²) in [6, 6.07) is 72.3. The van der Waals surface area contributed by atoms with Gasteiger partial charge in [0.15, 0.2) is 11.6 Å². The molecule has 258 valence electrons. The number of rotatable bonds is 7. The zero-order valence-corrected chi connectivity index (χ0v) is 29.9. The lowest BCUT2D eigenvalue weighted by Crippen LogP contribution is -2.07. The Bertz CT molecular complexity index is 2730. The molecule has 10 rings (SSSR count). The highest BCUT2D eigenvalue weighted by atomic mass is 15.2. The predicted molar refractivity (Wildman–Crippen MR) is 227 cm³/mol. The lowest BCUT2D eigenvalue weighted by molar-refractivity contribution is 0.954. The van der Waals surface area contributed by atoms with E-state index in [1.165, 1.54) is 0 Å². The van der Waals surface area contributed by atoms with Gasteiger partial charge in [-0.15, -0.1) is 0 Å². The molecule has 10 aromatic rings. The van der Waals surface area contributed by atoms with Gasteiger partial charge in [-0.1, -0.05) is 182 Å². The van der Waals surface area contributed by atoms with E-state index in [4.69, 9.17) is 15.0 Å². The standard InChI is InChI=1S/C51H34N4/c1-7-19-35(20-8-1)41-31-43(37-23-11-3-12-24-37)47-45(33-41)46-34-42(36-21-9-2-10-22-36)32-44(38-25-13-4-14-26-38)48(46)55(47)51-53-49(39-27-15-5-16-28-39)52-50(54-51)40-29-17-6-18-30-40/h1-34H. The lowest BCUT2D eigenvalue weighted by atomic mass is 9.93. The Morgan fingerprint density at radius 2 is 0.582 bits per heavy atom. The molecule has 8 aromatic carbocycles. The molecule has 4 nitrogen and oxygen atoms in total. The summed E-state index contributed by atoms with van der Waals surface area (Å²) in [6.45, 7) is 0. The summed E-state index contributed by atoms with van der Waals surface area (Å²) in [6.07, 6.45) is 0. The molecule has 55 heavy (non-hydrogen) atoms. The monoisotopic (exact) mass is 702 g/mol. The first kappa shape index (κ1) is 32.2. The van der Waals surface area contributed by atoms with Crippen molar-refractivity contribution in [3.05, 3.63) is 206 Å². The summed E-state index contributed by atoms with van der Waals surface area (Å²) in [5, 5.41) is 2.24. The van der Waals surface area contributed by atoms with Crippen LogP contribution in [0.1, 0.15) is 0 Å². The fourth-order valence-electron chi connectivity index (χ4n) is 7.64. The van der Waals surface area contributed by atoms with Gasteiger partial charge >= 0.3 is 0 Å². The highest BCUT2D eigenvalue weighted by Crippen LogP contribution is 2.45. The molecule has 2 heterocycles. The minimum Gasteiger partial charge on any atom is -0.277 e. The first-order valence-electron chi connectivity index (χ1n) is 18.5. The van der Waals surface area contributed by atoms with Crippen LogP contribution < -0.4 is 0 Å². The molecular formula is C51H34N4. The smallest absolute Gasteiger partial charge is 0.238 e. The molecule has 0 radical (unpaired) electrons. The highest BCUT2D eigenvalue weighted by molar-refractivity contribution is 6.19. The Kier molecular flexibility index (Phi) is 8.12. The van der Waals surface area contributed by atoms with Gasteiger partial charge in [0.25, 0.3) is 0 Å². The highest BCUT2D eigenvalue weighted by Gasteiger charge is 2.25. The van der Waals surface area contributed by atoms with Gasteiger partial charge in [-0.3, -0.25) is 4.57 Å². The molecule has 0 N–H and O–H groups in total. The summed E-state index contributed by atoms with van der Waals surface area (Å²) >= 11 is 0. The molecule has 0 amide bonds. The van der Waals surface area contributed by atoms with E-state index in [9.17, 15) is 0 Å². The average Bonchev–Trinajstić information content (AvgIpc) is 3.62. The third-order valence-corrected chi connectivity index (χ3v) is 10.2.